The van der Waals surface area contributed by atoms with Gasteiger partial charge in [-0.25, -0.2) is 0 Å². The number of methoxy groups -OCH3 is 1. The standard InChI is InChI=1S/C14H12O3S/c1-17-13(15)9-11-7-8-12(18-11)14(16)10-5-3-2-4-6-10/h2-8H,9H2,1H3. The van der Waals surface area contributed by atoms with Gasteiger partial charge in [-0.1, -0.05) is 30.3 Å². The topological polar surface area (TPSA) is 43.4 Å². The van der Waals surface area contributed by atoms with Crippen LogP contribution in [-0.4, -0.2) is 18.9 Å². The van der Waals surface area contributed by atoms with Gasteiger partial charge in [-0.2, -0.15) is 0 Å². The Hall–Kier alpha value is -1.94. The highest BCUT2D eigenvalue weighted by atomic mass is 32.1. The van der Waals surface area contributed by atoms with Gasteiger partial charge in [0, 0.05) is 10.4 Å². The average Bonchev–Trinajstić information content (AvgIpc) is 2.87. The second-order valence-corrected chi connectivity index (χ2v) is 4.88. The number of thiophene rings is 1. The van der Waals surface area contributed by atoms with Gasteiger partial charge in [-0.05, 0) is 12.1 Å². The first kappa shape index (κ1) is 12.5. The molecule has 2 aromatic rings. The molecule has 0 bridgehead atoms. The fraction of sp³-hybridized carbons (Fsp3) is 0.143. The molecule has 2 rings (SSSR count). The van der Waals surface area contributed by atoms with Gasteiger partial charge in [-0.15, -0.1) is 11.3 Å². The third-order valence-electron chi connectivity index (χ3n) is 2.47. The smallest absolute Gasteiger partial charge is 0.310 e. The number of ether oxygens (including phenoxy) is 1. The lowest BCUT2D eigenvalue weighted by Gasteiger charge is -1.97. The van der Waals surface area contributed by atoms with Crippen molar-refractivity contribution in [2.24, 2.45) is 0 Å². The molecule has 0 amide bonds. The minimum Gasteiger partial charge on any atom is -0.469 e. The zero-order valence-electron chi connectivity index (χ0n) is 9.88. The summed E-state index contributed by atoms with van der Waals surface area (Å²) in [6, 6.07) is 12.6. The monoisotopic (exact) mass is 260 g/mol. The van der Waals surface area contributed by atoms with Gasteiger partial charge < -0.3 is 4.74 Å². The van der Waals surface area contributed by atoms with E-state index < -0.39 is 0 Å². The van der Waals surface area contributed by atoms with Crippen LogP contribution in [0.4, 0.5) is 0 Å². The zero-order chi connectivity index (χ0) is 13.0. The highest BCUT2D eigenvalue weighted by molar-refractivity contribution is 7.14. The third-order valence-corrected chi connectivity index (χ3v) is 3.55. The largest absolute Gasteiger partial charge is 0.469 e. The minimum absolute atomic E-state index is 0.0169. The molecule has 0 spiro atoms. The first-order valence-electron chi connectivity index (χ1n) is 5.46. The summed E-state index contributed by atoms with van der Waals surface area (Å²) in [6.07, 6.45) is 0.212. The Kier molecular flexibility index (Phi) is 3.89. The van der Waals surface area contributed by atoms with Gasteiger partial charge in [0.25, 0.3) is 0 Å². The number of carbonyl (C=O) groups excluding carboxylic acids is 2. The maximum absolute atomic E-state index is 12.1. The van der Waals surface area contributed by atoms with Crippen molar-refractivity contribution in [2.45, 2.75) is 6.42 Å². The van der Waals surface area contributed by atoms with Gasteiger partial charge >= 0.3 is 5.97 Å². The predicted octanol–water partition coefficient (Wildman–Crippen LogP) is 2.69. The maximum atomic E-state index is 12.1. The Balaban J connectivity index is 2.15. The second-order valence-electron chi connectivity index (χ2n) is 3.71. The first-order valence-corrected chi connectivity index (χ1v) is 6.27. The number of esters is 1. The lowest BCUT2D eigenvalue weighted by molar-refractivity contribution is -0.139. The number of rotatable bonds is 4. The van der Waals surface area contributed by atoms with E-state index in [4.69, 9.17) is 0 Å². The van der Waals surface area contributed by atoms with Crippen molar-refractivity contribution in [3.8, 4) is 0 Å². The van der Waals surface area contributed by atoms with Crippen LogP contribution in [-0.2, 0) is 16.0 Å². The first-order chi connectivity index (χ1) is 8.70. The summed E-state index contributed by atoms with van der Waals surface area (Å²) in [6.45, 7) is 0. The van der Waals surface area contributed by atoms with E-state index >= 15 is 0 Å². The molecule has 18 heavy (non-hydrogen) atoms. The quantitative estimate of drug-likeness (QED) is 0.627. The molecule has 0 N–H and O–H groups in total. The fourth-order valence-electron chi connectivity index (χ4n) is 1.54. The molecule has 3 nitrogen and oxygen atoms in total. The van der Waals surface area contributed by atoms with Crippen LogP contribution < -0.4 is 0 Å². The summed E-state index contributed by atoms with van der Waals surface area (Å²) in [5.74, 6) is -0.313. The van der Waals surface area contributed by atoms with Crippen molar-refractivity contribution in [1.82, 2.24) is 0 Å². The van der Waals surface area contributed by atoms with Crippen LogP contribution in [0.2, 0.25) is 0 Å². The molecule has 92 valence electrons. The van der Waals surface area contributed by atoms with Gasteiger partial charge in [0.2, 0.25) is 5.78 Å². The summed E-state index contributed by atoms with van der Waals surface area (Å²) < 4.78 is 4.59. The van der Waals surface area contributed by atoms with E-state index in [1.165, 1.54) is 18.4 Å². The Bertz CT molecular complexity index is 557. The fourth-order valence-corrected chi connectivity index (χ4v) is 2.50. The van der Waals surface area contributed by atoms with E-state index in [0.717, 1.165) is 4.88 Å². The summed E-state index contributed by atoms with van der Waals surface area (Å²) >= 11 is 1.33. The molecule has 0 saturated carbocycles. The Morgan fingerprint density at radius 2 is 1.83 bits per heavy atom. The van der Waals surface area contributed by atoms with Crippen LogP contribution in [0.3, 0.4) is 0 Å². The molecular formula is C14H12O3S. The minimum atomic E-state index is -0.296. The molecule has 0 atom stereocenters. The Labute approximate surface area is 109 Å². The van der Waals surface area contributed by atoms with E-state index in [1.807, 2.05) is 18.2 Å². The molecule has 0 aliphatic rings. The molecule has 0 aliphatic heterocycles. The van der Waals surface area contributed by atoms with Gasteiger partial charge in [0.15, 0.2) is 0 Å². The third kappa shape index (κ3) is 2.84. The lowest BCUT2D eigenvalue weighted by Crippen LogP contribution is -2.02. The molecule has 0 saturated heterocycles. The number of hydrogen-bond donors (Lipinski definition) is 0. The Morgan fingerprint density at radius 1 is 1.11 bits per heavy atom. The summed E-state index contributed by atoms with van der Waals surface area (Å²) in [5, 5.41) is 0. The van der Waals surface area contributed by atoms with Crippen molar-refractivity contribution in [1.29, 1.82) is 0 Å². The normalized spacial score (nSPS) is 10.1. The Morgan fingerprint density at radius 3 is 2.50 bits per heavy atom. The second kappa shape index (κ2) is 5.60. The molecule has 1 aromatic carbocycles. The van der Waals surface area contributed by atoms with E-state index in [-0.39, 0.29) is 18.2 Å². The molecule has 0 unspecified atom stereocenters. The van der Waals surface area contributed by atoms with Gasteiger partial charge in [0.05, 0.1) is 18.4 Å². The van der Waals surface area contributed by atoms with Crippen LogP contribution in [0.5, 0.6) is 0 Å². The van der Waals surface area contributed by atoms with Crippen molar-refractivity contribution in [3.63, 3.8) is 0 Å². The average molecular weight is 260 g/mol. The summed E-state index contributed by atoms with van der Waals surface area (Å²) in [5.41, 5.74) is 0.656. The van der Waals surface area contributed by atoms with E-state index in [9.17, 15) is 9.59 Å². The van der Waals surface area contributed by atoms with E-state index in [1.54, 1.807) is 24.3 Å². The van der Waals surface area contributed by atoms with Gasteiger partial charge in [-0.3, -0.25) is 9.59 Å². The summed E-state index contributed by atoms with van der Waals surface area (Å²) in [7, 11) is 1.35. The van der Waals surface area contributed by atoms with Gasteiger partial charge in [0.1, 0.15) is 0 Å². The molecule has 0 fully saturated rings. The van der Waals surface area contributed by atoms with Crippen molar-refractivity contribution < 1.29 is 14.3 Å². The maximum Gasteiger partial charge on any atom is 0.310 e. The SMILES string of the molecule is COC(=O)Cc1ccc(C(=O)c2ccccc2)s1. The highest BCUT2D eigenvalue weighted by Crippen LogP contribution is 2.20. The van der Waals surface area contributed by atoms with Crippen LogP contribution >= 0.6 is 11.3 Å². The predicted molar refractivity (Wildman–Crippen MR) is 69.9 cm³/mol. The van der Waals surface area contributed by atoms with Crippen molar-refractivity contribution in [2.75, 3.05) is 7.11 Å². The van der Waals surface area contributed by atoms with Crippen molar-refractivity contribution >= 4 is 23.1 Å². The molecule has 0 aliphatic carbocycles. The zero-order valence-corrected chi connectivity index (χ0v) is 10.7. The molecule has 4 heteroatoms. The summed E-state index contributed by atoms with van der Waals surface area (Å²) in [4.78, 5) is 24.7. The highest BCUT2D eigenvalue weighted by Gasteiger charge is 2.13. The number of hydrogen-bond acceptors (Lipinski definition) is 4. The molecule has 0 radical (unpaired) electrons. The molecular weight excluding hydrogens is 248 g/mol. The van der Waals surface area contributed by atoms with E-state index in [2.05, 4.69) is 4.74 Å². The molecule has 1 aromatic heterocycles. The van der Waals surface area contributed by atoms with Crippen LogP contribution in [0.15, 0.2) is 42.5 Å². The van der Waals surface area contributed by atoms with Crippen LogP contribution in [0, 0.1) is 0 Å². The van der Waals surface area contributed by atoms with Crippen LogP contribution in [0.1, 0.15) is 20.1 Å². The molecule has 1 heterocycles. The number of benzene rings is 1. The van der Waals surface area contributed by atoms with Crippen molar-refractivity contribution in [3.05, 3.63) is 57.8 Å². The van der Waals surface area contributed by atoms with E-state index in [0.29, 0.717) is 10.4 Å². The lowest BCUT2D eigenvalue weighted by atomic mass is 10.1. The number of carbonyl (C=O) groups is 2. The number of ketones is 1. The van der Waals surface area contributed by atoms with Crippen LogP contribution in [0.25, 0.3) is 0 Å².